The van der Waals surface area contributed by atoms with Crippen molar-refractivity contribution >= 4 is 5.96 Å². The molecule has 0 bridgehead atoms. The van der Waals surface area contributed by atoms with E-state index in [0.717, 1.165) is 43.5 Å². The fraction of sp³-hybridized carbons (Fsp3) is 0.632. The lowest BCUT2D eigenvalue weighted by Gasteiger charge is -2.35. The Kier molecular flexibility index (Phi) is 6.53. The molecule has 1 aromatic rings. The van der Waals surface area contributed by atoms with Gasteiger partial charge in [-0.05, 0) is 44.0 Å². The molecule has 0 aliphatic carbocycles. The molecule has 1 aromatic carbocycles. The highest BCUT2D eigenvalue weighted by molar-refractivity contribution is 5.79. The van der Waals surface area contributed by atoms with Crippen molar-refractivity contribution in [3.8, 4) is 5.75 Å². The van der Waals surface area contributed by atoms with Gasteiger partial charge in [-0.2, -0.15) is 0 Å². The molecule has 6 heteroatoms. The molecule has 0 radical (unpaired) electrons. The van der Waals surface area contributed by atoms with Crippen LogP contribution in [0.4, 0.5) is 0 Å². The summed E-state index contributed by atoms with van der Waals surface area (Å²) in [5, 5.41) is 6.73. The SMILES string of the molecule is CCNC(=NCc1ccc(OC)cc1)NCC1CN2CCCC2CO1. The summed E-state index contributed by atoms with van der Waals surface area (Å²) in [7, 11) is 1.68. The first kappa shape index (κ1) is 18.0. The van der Waals surface area contributed by atoms with Gasteiger partial charge in [0.05, 0.1) is 26.4 Å². The largest absolute Gasteiger partial charge is 0.497 e. The van der Waals surface area contributed by atoms with Crippen LogP contribution in [0.15, 0.2) is 29.3 Å². The van der Waals surface area contributed by atoms with E-state index in [1.807, 2.05) is 24.3 Å². The summed E-state index contributed by atoms with van der Waals surface area (Å²) in [6, 6.07) is 8.67. The van der Waals surface area contributed by atoms with E-state index in [0.29, 0.717) is 12.6 Å². The predicted molar refractivity (Wildman–Crippen MR) is 100 cm³/mol. The second kappa shape index (κ2) is 9.06. The minimum absolute atomic E-state index is 0.235. The third kappa shape index (κ3) is 5.09. The molecule has 2 saturated heterocycles. The number of guanidine groups is 1. The molecule has 2 heterocycles. The lowest BCUT2D eigenvalue weighted by Crippen LogP contribution is -2.51. The maximum atomic E-state index is 6.01. The second-order valence-electron chi connectivity index (χ2n) is 6.67. The number of nitrogens with zero attached hydrogens (tertiary/aromatic N) is 2. The van der Waals surface area contributed by atoms with E-state index >= 15 is 0 Å². The van der Waals surface area contributed by atoms with Crippen LogP contribution >= 0.6 is 0 Å². The number of aliphatic imine (C=N–C) groups is 1. The summed E-state index contributed by atoms with van der Waals surface area (Å²) < 4.78 is 11.2. The average molecular weight is 346 g/mol. The van der Waals surface area contributed by atoms with E-state index in [-0.39, 0.29) is 6.10 Å². The van der Waals surface area contributed by atoms with Crippen molar-refractivity contribution in [2.45, 2.75) is 38.5 Å². The first-order chi connectivity index (χ1) is 12.3. The molecule has 3 rings (SSSR count). The zero-order chi connectivity index (χ0) is 17.5. The highest BCUT2D eigenvalue weighted by Crippen LogP contribution is 2.22. The predicted octanol–water partition coefficient (Wildman–Crippen LogP) is 1.61. The first-order valence-corrected chi connectivity index (χ1v) is 9.29. The molecular weight excluding hydrogens is 316 g/mol. The highest BCUT2D eigenvalue weighted by Gasteiger charge is 2.32. The zero-order valence-electron chi connectivity index (χ0n) is 15.3. The van der Waals surface area contributed by atoms with Crippen LogP contribution in [0, 0.1) is 0 Å². The highest BCUT2D eigenvalue weighted by atomic mass is 16.5. The van der Waals surface area contributed by atoms with E-state index in [1.54, 1.807) is 7.11 Å². The van der Waals surface area contributed by atoms with Gasteiger partial charge < -0.3 is 20.1 Å². The summed E-state index contributed by atoms with van der Waals surface area (Å²) in [4.78, 5) is 7.24. The number of rotatable bonds is 6. The molecule has 2 unspecified atom stereocenters. The maximum absolute atomic E-state index is 6.01. The quantitative estimate of drug-likeness (QED) is 0.605. The van der Waals surface area contributed by atoms with Gasteiger partial charge in [0.25, 0.3) is 0 Å². The van der Waals surface area contributed by atoms with Gasteiger partial charge >= 0.3 is 0 Å². The lowest BCUT2D eigenvalue weighted by molar-refractivity contribution is -0.0453. The molecule has 0 amide bonds. The van der Waals surface area contributed by atoms with Crippen molar-refractivity contribution in [3.63, 3.8) is 0 Å². The topological polar surface area (TPSA) is 58.1 Å². The monoisotopic (exact) mass is 346 g/mol. The van der Waals surface area contributed by atoms with Crippen LogP contribution in [-0.2, 0) is 11.3 Å². The standard InChI is InChI=1S/C19H30N4O2/c1-3-20-19(21-11-15-6-8-17(24-2)9-7-15)22-12-18-13-23-10-4-5-16(23)14-25-18/h6-9,16,18H,3-5,10-14H2,1-2H3,(H2,20,21,22). The number of hydrogen-bond acceptors (Lipinski definition) is 4. The van der Waals surface area contributed by atoms with E-state index in [2.05, 4.69) is 27.4 Å². The van der Waals surface area contributed by atoms with Crippen molar-refractivity contribution in [1.82, 2.24) is 15.5 Å². The van der Waals surface area contributed by atoms with Crippen LogP contribution in [0.1, 0.15) is 25.3 Å². The van der Waals surface area contributed by atoms with Crippen LogP contribution in [0.25, 0.3) is 0 Å². The summed E-state index contributed by atoms with van der Waals surface area (Å²) in [6.07, 6.45) is 2.82. The Morgan fingerprint density at radius 2 is 2.16 bits per heavy atom. The number of nitrogens with one attached hydrogen (secondary N) is 2. The molecule has 138 valence electrons. The van der Waals surface area contributed by atoms with Crippen LogP contribution in [0.2, 0.25) is 0 Å². The number of benzene rings is 1. The molecule has 2 atom stereocenters. The maximum Gasteiger partial charge on any atom is 0.191 e. The molecule has 2 aliphatic rings. The molecule has 2 N–H and O–H groups in total. The molecule has 25 heavy (non-hydrogen) atoms. The van der Waals surface area contributed by atoms with Crippen LogP contribution in [0.3, 0.4) is 0 Å². The number of methoxy groups -OCH3 is 1. The summed E-state index contributed by atoms with van der Waals surface area (Å²) in [6.45, 7) is 7.46. The first-order valence-electron chi connectivity index (χ1n) is 9.29. The Labute approximate surface area is 150 Å². The normalized spacial score (nSPS) is 24.0. The third-order valence-electron chi connectivity index (χ3n) is 4.88. The van der Waals surface area contributed by atoms with Gasteiger partial charge in [0.1, 0.15) is 5.75 Å². The van der Waals surface area contributed by atoms with Crippen molar-refractivity contribution in [2.24, 2.45) is 4.99 Å². The smallest absolute Gasteiger partial charge is 0.191 e. The number of ether oxygens (including phenoxy) is 2. The molecule has 2 aliphatic heterocycles. The second-order valence-corrected chi connectivity index (χ2v) is 6.67. The Balaban J connectivity index is 1.49. The van der Waals surface area contributed by atoms with Crippen molar-refractivity contribution in [1.29, 1.82) is 0 Å². The Morgan fingerprint density at radius 3 is 2.92 bits per heavy atom. The number of morpholine rings is 1. The molecule has 2 fully saturated rings. The molecular formula is C19H30N4O2. The third-order valence-corrected chi connectivity index (χ3v) is 4.88. The van der Waals surface area contributed by atoms with Gasteiger partial charge in [-0.3, -0.25) is 4.90 Å². The Morgan fingerprint density at radius 1 is 1.32 bits per heavy atom. The van der Waals surface area contributed by atoms with Crippen LogP contribution in [-0.4, -0.2) is 62.9 Å². The van der Waals surface area contributed by atoms with Crippen LogP contribution in [0.5, 0.6) is 5.75 Å². The molecule has 0 aromatic heterocycles. The van der Waals surface area contributed by atoms with Gasteiger partial charge in [-0.1, -0.05) is 12.1 Å². The fourth-order valence-electron chi connectivity index (χ4n) is 3.46. The minimum atomic E-state index is 0.235. The molecule has 6 nitrogen and oxygen atoms in total. The Hall–Kier alpha value is -1.79. The average Bonchev–Trinajstić information content (AvgIpc) is 3.12. The fourth-order valence-corrected chi connectivity index (χ4v) is 3.46. The van der Waals surface area contributed by atoms with E-state index in [9.17, 15) is 0 Å². The zero-order valence-corrected chi connectivity index (χ0v) is 15.3. The number of hydrogen-bond donors (Lipinski definition) is 2. The summed E-state index contributed by atoms with van der Waals surface area (Å²) in [5.41, 5.74) is 1.16. The van der Waals surface area contributed by atoms with Gasteiger partial charge in [0, 0.05) is 25.7 Å². The summed E-state index contributed by atoms with van der Waals surface area (Å²) in [5.74, 6) is 1.71. The van der Waals surface area contributed by atoms with Crippen molar-refractivity contribution in [2.75, 3.05) is 39.9 Å². The Bertz CT molecular complexity index is 561. The van der Waals surface area contributed by atoms with Crippen LogP contribution < -0.4 is 15.4 Å². The molecule has 0 saturated carbocycles. The van der Waals surface area contributed by atoms with Gasteiger partial charge in [0.2, 0.25) is 0 Å². The number of fused-ring (bicyclic) bond motifs is 1. The van der Waals surface area contributed by atoms with Gasteiger partial charge in [-0.25, -0.2) is 4.99 Å². The van der Waals surface area contributed by atoms with Gasteiger partial charge in [-0.15, -0.1) is 0 Å². The van der Waals surface area contributed by atoms with Crippen molar-refractivity contribution < 1.29 is 9.47 Å². The lowest BCUT2D eigenvalue weighted by atomic mass is 10.2. The molecule has 0 spiro atoms. The van der Waals surface area contributed by atoms with E-state index in [4.69, 9.17) is 9.47 Å². The van der Waals surface area contributed by atoms with E-state index in [1.165, 1.54) is 19.4 Å². The summed E-state index contributed by atoms with van der Waals surface area (Å²) >= 11 is 0. The van der Waals surface area contributed by atoms with E-state index < -0.39 is 0 Å². The van der Waals surface area contributed by atoms with Gasteiger partial charge in [0.15, 0.2) is 5.96 Å². The van der Waals surface area contributed by atoms with Crippen molar-refractivity contribution in [3.05, 3.63) is 29.8 Å². The minimum Gasteiger partial charge on any atom is -0.497 e.